The smallest absolute Gasteiger partial charge is 0.310 e. The monoisotopic (exact) mass is 201 g/mol. The van der Waals surface area contributed by atoms with Crippen molar-refractivity contribution < 1.29 is 9.90 Å². The van der Waals surface area contributed by atoms with Crippen LogP contribution in [0.3, 0.4) is 0 Å². The Morgan fingerprint density at radius 2 is 1.79 bits per heavy atom. The van der Waals surface area contributed by atoms with Crippen LogP contribution in [-0.4, -0.2) is 35.6 Å². The summed E-state index contributed by atoms with van der Waals surface area (Å²) >= 11 is 0. The number of carboxylic acid groups (broad SMARTS) is 1. The Bertz CT molecular complexity index is 178. The average molecular weight is 201 g/mol. The van der Waals surface area contributed by atoms with Crippen LogP contribution in [0.4, 0.5) is 0 Å². The predicted molar refractivity (Wildman–Crippen MR) is 58.4 cm³/mol. The van der Waals surface area contributed by atoms with Gasteiger partial charge in [0.15, 0.2) is 0 Å². The minimum atomic E-state index is -0.675. The zero-order chi connectivity index (χ0) is 11.2. The molecule has 0 aromatic rings. The summed E-state index contributed by atoms with van der Waals surface area (Å²) in [6.07, 6.45) is 1.67. The van der Waals surface area contributed by atoms with Gasteiger partial charge in [0.25, 0.3) is 0 Å². The first-order valence-electron chi connectivity index (χ1n) is 5.45. The second-order valence-corrected chi connectivity index (χ2v) is 4.08. The Morgan fingerprint density at radius 1 is 1.29 bits per heavy atom. The van der Waals surface area contributed by atoms with Crippen LogP contribution in [0.2, 0.25) is 0 Å². The zero-order valence-corrected chi connectivity index (χ0v) is 9.84. The molecule has 0 aliphatic carbocycles. The van der Waals surface area contributed by atoms with E-state index in [2.05, 4.69) is 18.7 Å². The summed E-state index contributed by atoms with van der Waals surface area (Å²) in [5, 5.41) is 9.18. The van der Waals surface area contributed by atoms with E-state index < -0.39 is 11.4 Å². The van der Waals surface area contributed by atoms with Gasteiger partial charge in [0.2, 0.25) is 0 Å². The van der Waals surface area contributed by atoms with Gasteiger partial charge in [-0.25, -0.2) is 0 Å². The summed E-state index contributed by atoms with van der Waals surface area (Å²) in [6.45, 7) is 10.5. The van der Waals surface area contributed by atoms with Gasteiger partial charge in [-0.2, -0.15) is 0 Å². The number of carboxylic acids is 1. The second-order valence-electron chi connectivity index (χ2n) is 4.08. The van der Waals surface area contributed by atoms with Crippen molar-refractivity contribution in [3.63, 3.8) is 0 Å². The van der Waals surface area contributed by atoms with Crippen molar-refractivity contribution in [2.75, 3.05) is 19.6 Å². The molecular formula is C11H23NO2. The van der Waals surface area contributed by atoms with Gasteiger partial charge in [-0.15, -0.1) is 0 Å². The van der Waals surface area contributed by atoms with Gasteiger partial charge in [-0.05, 0) is 26.4 Å². The SMILES string of the molecule is CCCC(C)(CN(CC)CC)C(=O)O. The van der Waals surface area contributed by atoms with Crippen LogP contribution >= 0.6 is 0 Å². The third kappa shape index (κ3) is 3.66. The van der Waals surface area contributed by atoms with Gasteiger partial charge in [-0.1, -0.05) is 27.2 Å². The minimum Gasteiger partial charge on any atom is -0.481 e. The molecule has 0 heterocycles. The van der Waals surface area contributed by atoms with Crippen LogP contribution in [0.25, 0.3) is 0 Å². The molecule has 1 N–H and O–H groups in total. The third-order valence-electron chi connectivity index (χ3n) is 2.79. The molecule has 0 aromatic carbocycles. The largest absolute Gasteiger partial charge is 0.481 e. The molecule has 0 radical (unpaired) electrons. The molecule has 0 bridgehead atoms. The molecule has 84 valence electrons. The van der Waals surface area contributed by atoms with Crippen molar-refractivity contribution in [2.45, 2.75) is 40.5 Å². The topological polar surface area (TPSA) is 40.5 Å². The van der Waals surface area contributed by atoms with Crippen molar-refractivity contribution in [3.8, 4) is 0 Å². The summed E-state index contributed by atoms with van der Waals surface area (Å²) in [5.74, 6) is -0.675. The van der Waals surface area contributed by atoms with Crippen molar-refractivity contribution >= 4 is 5.97 Å². The highest BCUT2D eigenvalue weighted by Gasteiger charge is 2.33. The molecule has 0 aromatic heterocycles. The van der Waals surface area contributed by atoms with E-state index in [0.29, 0.717) is 6.54 Å². The van der Waals surface area contributed by atoms with E-state index in [1.165, 1.54) is 0 Å². The summed E-state index contributed by atoms with van der Waals surface area (Å²) in [4.78, 5) is 13.3. The first kappa shape index (κ1) is 13.4. The molecule has 0 spiro atoms. The van der Waals surface area contributed by atoms with E-state index in [0.717, 1.165) is 25.9 Å². The first-order valence-corrected chi connectivity index (χ1v) is 5.45. The number of carbonyl (C=O) groups is 1. The lowest BCUT2D eigenvalue weighted by Crippen LogP contribution is -2.41. The van der Waals surface area contributed by atoms with Crippen LogP contribution in [-0.2, 0) is 4.79 Å². The predicted octanol–water partition coefficient (Wildman–Crippen LogP) is 2.22. The molecule has 0 aliphatic heterocycles. The normalized spacial score (nSPS) is 15.5. The molecular weight excluding hydrogens is 178 g/mol. The maximum atomic E-state index is 11.2. The Kier molecular flexibility index (Phi) is 5.77. The maximum Gasteiger partial charge on any atom is 0.310 e. The van der Waals surface area contributed by atoms with Crippen LogP contribution in [0.15, 0.2) is 0 Å². The highest BCUT2D eigenvalue weighted by atomic mass is 16.4. The summed E-state index contributed by atoms with van der Waals surface area (Å²) < 4.78 is 0. The van der Waals surface area contributed by atoms with Crippen molar-refractivity contribution in [2.24, 2.45) is 5.41 Å². The van der Waals surface area contributed by atoms with Crippen molar-refractivity contribution in [1.29, 1.82) is 0 Å². The lowest BCUT2D eigenvalue weighted by Gasteiger charge is -2.30. The van der Waals surface area contributed by atoms with Gasteiger partial charge in [0.05, 0.1) is 5.41 Å². The molecule has 0 rings (SSSR count). The summed E-state index contributed by atoms with van der Waals surface area (Å²) in [5.41, 5.74) is -0.583. The fourth-order valence-corrected chi connectivity index (χ4v) is 1.75. The van der Waals surface area contributed by atoms with Gasteiger partial charge in [-0.3, -0.25) is 4.79 Å². The number of hydrogen-bond donors (Lipinski definition) is 1. The third-order valence-corrected chi connectivity index (χ3v) is 2.79. The Balaban J connectivity index is 4.42. The van der Waals surface area contributed by atoms with Crippen LogP contribution in [0.1, 0.15) is 40.5 Å². The maximum absolute atomic E-state index is 11.2. The number of rotatable bonds is 7. The number of hydrogen-bond acceptors (Lipinski definition) is 2. The lowest BCUT2D eigenvalue weighted by atomic mass is 9.85. The molecule has 1 unspecified atom stereocenters. The molecule has 0 aliphatic rings. The molecule has 0 saturated heterocycles. The van der Waals surface area contributed by atoms with E-state index in [1.807, 2.05) is 13.8 Å². The van der Waals surface area contributed by atoms with Crippen LogP contribution < -0.4 is 0 Å². The molecule has 14 heavy (non-hydrogen) atoms. The van der Waals surface area contributed by atoms with Gasteiger partial charge in [0.1, 0.15) is 0 Å². The van der Waals surface area contributed by atoms with E-state index in [1.54, 1.807) is 0 Å². The highest BCUT2D eigenvalue weighted by molar-refractivity contribution is 5.74. The Labute approximate surface area is 87.1 Å². The van der Waals surface area contributed by atoms with E-state index in [-0.39, 0.29) is 0 Å². The second kappa shape index (κ2) is 6.02. The van der Waals surface area contributed by atoms with Gasteiger partial charge >= 0.3 is 5.97 Å². The van der Waals surface area contributed by atoms with E-state index in [9.17, 15) is 9.90 Å². The standard InChI is InChI=1S/C11H23NO2/c1-5-8-11(4,10(13)14)9-12(6-2)7-3/h5-9H2,1-4H3,(H,13,14). The Hall–Kier alpha value is -0.570. The molecule has 0 fully saturated rings. The summed E-state index contributed by atoms with van der Waals surface area (Å²) in [7, 11) is 0. The van der Waals surface area contributed by atoms with E-state index in [4.69, 9.17) is 0 Å². The molecule has 3 heteroatoms. The van der Waals surface area contributed by atoms with Crippen molar-refractivity contribution in [3.05, 3.63) is 0 Å². The van der Waals surface area contributed by atoms with Crippen molar-refractivity contribution in [1.82, 2.24) is 4.90 Å². The number of aliphatic carboxylic acids is 1. The van der Waals surface area contributed by atoms with Crippen LogP contribution in [0.5, 0.6) is 0 Å². The molecule has 0 amide bonds. The van der Waals surface area contributed by atoms with Gasteiger partial charge in [0, 0.05) is 6.54 Å². The highest BCUT2D eigenvalue weighted by Crippen LogP contribution is 2.24. The lowest BCUT2D eigenvalue weighted by molar-refractivity contribution is -0.149. The number of nitrogens with zero attached hydrogens (tertiary/aromatic N) is 1. The summed E-state index contributed by atoms with van der Waals surface area (Å²) in [6, 6.07) is 0. The van der Waals surface area contributed by atoms with E-state index >= 15 is 0 Å². The zero-order valence-electron chi connectivity index (χ0n) is 9.84. The minimum absolute atomic E-state index is 0.583. The average Bonchev–Trinajstić information content (AvgIpc) is 2.14. The fraction of sp³-hybridized carbons (Fsp3) is 0.909. The Morgan fingerprint density at radius 3 is 2.07 bits per heavy atom. The fourth-order valence-electron chi connectivity index (χ4n) is 1.75. The molecule has 0 saturated carbocycles. The quantitative estimate of drug-likeness (QED) is 0.686. The first-order chi connectivity index (χ1) is 6.50. The molecule has 1 atom stereocenters. The molecule has 3 nitrogen and oxygen atoms in total. The van der Waals surface area contributed by atoms with Gasteiger partial charge < -0.3 is 10.0 Å². The van der Waals surface area contributed by atoms with Crippen LogP contribution in [0, 0.1) is 5.41 Å².